The van der Waals surface area contributed by atoms with Gasteiger partial charge in [0.2, 0.25) is 0 Å². The summed E-state index contributed by atoms with van der Waals surface area (Å²) in [5.41, 5.74) is 1.26. The quantitative estimate of drug-likeness (QED) is 0.608. The van der Waals surface area contributed by atoms with Gasteiger partial charge in [-0.3, -0.25) is 4.79 Å². The van der Waals surface area contributed by atoms with Crippen molar-refractivity contribution in [2.24, 2.45) is 0 Å². The highest BCUT2D eigenvalue weighted by molar-refractivity contribution is 6.35. The van der Waals surface area contributed by atoms with E-state index in [1.807, 2.05) is 6.92 Å². The van der Waals surface area contributed by atoms with Crippen LogP contribution in [0.3, 0.4) is 0 Å². The molecule has 3 N–H and O–H groups in total. The highest BCUT2D eigenvalue weighted by Gasteiger charge is 2.13. The van der Waals surface area contributed by atoms with Crippen LogP contribution < -0.4 is 20.7 Å². The minimum atomic E-state index is -0.357. The molecule has 0 bridgehead atoms. The van der Waals surface area contributed by atoms with Crippen LogP contribution in [-0.2, 0) is 0 Å². The summed E-state index contributed by atoms with van der Waals surface area (Å²) >= 11 is 12.0. The van der Waals surface area contributed by atoms with Crippen LogP contribution in [0.15, 0.2) is 42.5 Å². The SMILES string of the molecule is COc1cccc(C(=O)NCCNC(=O)N[C@@H](C)c2ccc(Cl)cc2Cl)c1. The van der Waals surface area contributed by atoms with Crippen LogP contribution in [0.25, 0.3) is 0 Å². The molecule has 8 heteroatoms. The molecule has 2 rings (SSSR count). The Morgan fingerprint density at radius 1 is 1.07 bits per heavy atom. The molecule has 0 saturated carbocycles. The van der Waals surface area contributed by atoms with Crippen molar-refractivity contribution in [3.8, 4) is 5.75 Å². The van der Waals surface area contributed by atoms with E-state index in [2.05, 4.69) is 16.0 Å². The maximum absolute atomic E-state index is 12.1. The number of carbonyl (C=O) groups is 2. The van der Waals surface area contributed by atoms with Crippen molar-refractivity contribution < 1.29 is 14.3 Å². The van der Waals surface area contributed by atoms with Crippen LogP contribution in [-0.4, -0.2) is 32.1 Å². The second-order valence-corrected chi connectivity index (χ2v) is 6.62. The monoisotopic (exact) mass is 409 g/mol. The smallest absolute Gasteiger partial charge is 0.315 e. The lowest BCUT2D eigenvalue weighted by atomic mass is 10.1. The third-order valence-electron chi connectivity index (χ3n) is 3.80. The Morgan fingerprint density at radius 3 is 2.52 bits per heavy atom. The number of hydrogen-bond donors (Lipinski definition) is 3. The van der Waals surface area contributed by atoms with Gasteiger partial charge in [-0.25, -0.2) is 4.79 Å². The highest BCUT2D eigenvalue weighted by atomic mass is 35.5. The Bertz CT molecular complexity index is 815. The average Bonchev–Trinajstić information content (AvgIpc) is 2.64. The molecule has 0 fully saturated rings. The Labute approximate surface area is 168 Å². The average molecular weight is 410 g/mol. The zero-order chi connectivity index (χ0) is 19.8. The number of halogens is 2. The summed E-state index contributed by atoms with van der Waals surface area (Å²) in [6.45, 7) is 2.39. The van der Waals surface area contributed by atoms with E-state index in [4.69, 9.17) is 27.9 Å². The van der Waals surface area contributed by atoms with Crippen LogP contribution >= 0.6 is 23.2 Å². The van der Waals surface area contributed by atoms with Gasteiger partial charge in [0.25, 0.3) is 5.91 Å². The lowest BCUT2D eigenvalue weighted by Gasteiger charge is -2.16. The van der Waals surface area contributed by atoms with Crippen molar-refractivity contribution in [2.75, 3.05) is 20.2 Å². The van der Waals surface area contributed by atoms with Gasteiger partial charge in [-0.15, -0.1) is 0 Å². The molecule has 144 valence electrons. The fourth-order valence-electron chi connectivity index (χ4n) is 2.40. The summed E-state index contributed by atoms with van der Waals surface area (Å²) in [6, 6.07) is 11.3. The predicted octanol–water partition coefficient (Wildman–Crippen LogP) is 3.79. The largest absolute Gasteiger partial charge is 0.497 e. The van der Waals surface area contributed by atoms with E-state index in [9.17, 15) is 9.59 Å². The standard InChI is InChI=1S/C19H21Cl2N3O3/c1-12(16-7-6-14(20)11-17(16)21)24-19(26)23-9-8-22-18(25)13-4-3-5-15(10-13)27-2/h3-7,10-12H,8-9H2,1-2H3,(H,22,25)(H2,23,24,26)/t12-/m0/s1. The predicted molar refractivity (Wildman–Crippen MR) is 107 cm³/mol. The number of benzene rings is 2. The summed E-state index contributed by atoms with van der Waals surface area (Å²) < 4.78 is 5.09. The van der Waals surface area contributed by atoms with Crippen LogP contribution in [0.4, 0.5) is 4.79 Å². The summed E-state index contributed by atoms with van der Waals surface area (Å²) in [4.78, 5) is 24.0. The molecule has 0 unspecified atom stereocenters. The maximum Gasteiger partial charge on any atom is 0.315 e. The van der Waals surface area contributed by atoms with Crippen LogP contribution in [0.5, 0.6) is 5.75 Å². The van der Waals surface area contributed by atoms with Crippen LogP contribution in [0.1, 0.15) is 28.9 Å². The Morgan fingerprint density at radius 2 is 1.81 bits per heavy atom. The molecule has 0 aromatic heterocycles. The minimum Gasteiger partial charge on any atom is -0.497 e. The Kier molecular flexibility index (Phi) is 7.76. The summed E-state index contributed by atoms with van der Waals surface area (Å²) in [6.07, 6.45) is 0. The van der Waals surface area contributed by atoms with Gasteiger partial charge in [0.15, 0.2) is 0 Å². The van der Waals surface area contributed by atoms with Crippen molar-refractivity contribution in [3.05, 3.63) is 63.6 Å². The third-order valence-corrected chi connectivity index (χ3v) is 4.37. The third kappa shape index (κ3) is 6.34. The van der Waals surface area contributed by atoms with Gasteiger partial charge >= 0.3 is 6.03 Å². The summed E-state index contributed by atoms with van der Waals surface area (Å²) in [5, 5.41) is 9.22. The Balaban J connectivity index is 1.74. The van der Waals surface area contributed by atoms with Gasteiger partial charge < -0.3 is 20.7 Å². The lowest BCUT2D eigenvalue weighted by molar-refractivity contribution is 0.0953. The number of hydrogen-bond acceptors (Lipinski definition) is 3. The van der Waals surface area contributed by atoms with Crippen molar-refractivity contribution in [3.63, 3.8) is 0 Å². The molecule has 1 atom stereocenters. The fraction of sp³-hybridized carbons (Fsp3) is 0.263. The summed E-state index contributed by atoms with van der Waals surface area (Å²) in [5.74, 6) is 0.368. The van der Waals surface area contributed by atoms with Gasteiger partial charge in [0, 0.05) is 28.7 Å². The van der Waals surface area contributed by atoms with Crippen LogP contribution in [0, 0.1) is 0 Å². The molecular weight excluding hydrogens is 389 g/mol. The first-order valence-electron chi connectivity index (χ1n) is 8.32. The van der Waals surface area contributed by atoms with E-state index in [-0.39, 0.29) is 24.5 Å². The van der Waals surface area contributed by atoms with Crippen LogP contribution in [0.2, 0.25) is 10.0 Å². The minimum absolute atomic E-state index is 0.238. The maximum atomic E-state index is 12.1. The number of carbonyl (C=O) groups excluding carboxylic acids is 2. The number of nitrogens with one attached hydrogen (secondary N) is 3. The molecular formula is C19H21Cl2N3O3. The number of urea groups is 1. The van der Waals surface area contributed by atoms with Crippen molar-refractivity contribution in [2.45, 2.75) is 13.0 Å². The lowest BCUT2D eigenvalue weighted by Crippen LogP contribution is -2.41. The first-order chi connectivity index (χ1) is 12.9. The highest BCUT2D eigenvalue weighted by Crippen LogP contribution is 2.25. The Hall–Kier alpha value is -2.44. The molecule has 0 radical (unpaired) electrons. The summed E-state index contributed by atoms with van der Waals surface area (Å²) in [7, 11) is 1.54. The van der Waals surface area contributed by atoms with Crippen molar-refractivity contribution in [1.29, 1.82) is 0 Å². The van der Waals surface area contributed by atoms with Gasteiger partial charge in [-0.1, -0.05) is 35.3 Å². The van der Waals surface area contributed by atoms with Gasteiger partial charge in [-0.2, -0.15) is 0 Å². The number of amides is 3. The molecule has 2 aromatic carbocycles. The second-order valence-electron chi connectivity index (χ2n) is 5.78. The molecule has 0 aliphatic carbocycles. The zero-order valence-electron chi connectivity index (χ0n) is 15.0. The molecule has 3 amide bonds. The topological polar surface area (TPSA) is 79.5 Å². The molecule has 0 saturated heterocycles. The first-order valence-corrected chi connectivity index (χ1v) is 9.08. The second kappa shape index (κ2) is 10.0. The normalized spacial score (nSPS) is 11.4. The number of ether oxygens (including phenoxy) is 1. The van der Waals surface area contributed by atoms with Gasteiger partial charge in [-0.05, 0) is 42.8 Å². The molecule has 27 heavy (non-hydrogen) atoms. The van der Waals surface area contributed by atoms with Crippen molar-refractivity contribution in [1.82, 2.24) is 16.0 Å². The van der Waals surface area contributed by atoms with E-state index in [0.29, 0.717) is 27.9 Å². The fourth-order valence-corrected chi connectivity index (χ4v) is 2.97. The van der Waals surface area contributed by atoms with E-state index in [0.717, 1.165) is 5.56 Å². The molecule has 6 nitrogen and oxygen atoms in total. The van der Waals surface area contributed by atoms with Crippen molar-refractivity contribution >= 4 is 35.1 Å². The zero-order valence-corrected chi connectivity index (χ0v) is 16.5. The van der Waals surface area contributed by atoms with E-state index in [1.54, 1.807) is 42.5 Å². The molecule has 0 aliphatic rings. The number of methoxy groups -OCH3 is 1. The first kappa shape index (κ1) is 20.9. The van der Waals surface area contributed by atoms with Gasteiger partial charge in [0.1, 0.15) is 5.75 Å². The molecule has 0 heterocycles. The van der Waals surface area contributed by atoms with E-state index >= 15 is 0 Å². The van der Waals surface area contributed by atoms with E-state index in [1.165, 1.54) is 7.11 Å². The molecule has 0 aliphatic heterocycles. The van der Waals surface area contributed by atoms with Gasteiger partial charge in [0.05, 0.1) is 13.2 Å². The van der Waals surface area contributed by atoms with E-state index < -0.39 is 0 Å². The molecule has 2 aromatic rings. The molecule has 0 spiro atoms. The number of rotatable bonds is 7.